The zero-order valence-corrected chi connectivity index (χ0v) is 22.0. The Labute approximate surface area is 230 Å². The molecule has 190 valence electrons. The summed E-state index contributed by atoms with van der Waals surface area (Å²) >= 11 is 0. The average Bonchev–Trinajstić information content (AvgIpc) is 3.56. The minimum Gasteiger partial charge on any atom is -0.397 e. The molecule has 8 rings (SSSR count). The molecule has 2 N–H and O–H groups in total. The van der Waals surface area contributed by atoms with Crippen LogP contribution in [0.1, 0.15) is 12.6 Å². The second-order valence-electron chi connectivity index (χ2n) is 10.2. The number of pyridine rings is 2. The van der Waals surface area contributed by atoms with Gasteiger partial charge in [-0.1, -0.05) is 84.9 Å². The topological polar surface area (TPSA) is 48.2 Å². The van der Waals surface area contributed by atoms with Crippen molar-refractivity contribution in [1.29, 1.82) is 0 Å². The zero-order chi connectivity index (χ0) is 26.8. The molecule has 0 saturated heterocycles. The highest BCUT2D eigenvalue weighted by Crippen LogP contribution is 2.41. The number of nitrogens with zero attached hydrogens (tertiary/aromatic N) is 3. The van der Waals surface area contributed by atoms with Gasteiger partial charge < -0.3 is 10.1 Å². The van der Waals surface area contributed by atoms with Gasteiger partial charge in [-0.05, 0) is 54.8 Å². The normalized spacial score (nSPS) is 12.8. The van der Waals surface area contributed by atoms with E-state index in [1.165, 1.54) is 48.9 Å². The molecule has 0 amide bonds. The van der Waals surface area contributed by atoms with Crippen molar-refractivity contribution in [2.75, 3.05) is 0 Å². The van der Waals surface area contributed by atoms with Crippen molar-refractivity contribution in [2.24, 2.45) is 5.73 Å². The summed E-state index contributed by atoms with van der Waals surface area (Å²) in [6.07, 6.45) is 5.79. The number of para-hydroxylation sites is 2. The Morgan fingerprint density at radius 2 is 1.38 bits per heavy atom. The summed E-state index contributed by atoms with van der Waals surface area (Å²) in [6, 6.07) is 38.9. The van der Waals surface area contributed by atoms with Crippen molar-refractivity contribution in [2.45, 2.75) is 6.92 Å². The van der Waals surface area contributed by atoms with E-state index < -0.39 is 0 Å². The first-order chi connectivity index (χ1) is 19.7. The number of aromatic nitrogens is 3. The van der Waals surface area contributed by atoms with E-state index >= 15 is 0 Å². The maximum atomic E-state index is 6.38. The van der Waals surface area contributed by atoms with Gasteiger partial charge in [0, 0.05) is 26.9 Å². The largest absolute Gasteiger partial charge is 0.397 e. The fraction of sp³-hybridized carbons (Fsp3) is 0.0278. The first-order valence-electron chi connectivity index (χ1n) is 13.6. The van der Waals surface area contributed by atoms with E-state index in [0.29, 0.717) is 5.70 Å². The molecule has 8 aromatic rings. The zero-order valence-electron chi connectivity index (χ0n) is 22.0. The van der Waals surface area contributed by atoms with Crippen molar-refractivity contribution in [3.63, 3.8) is 0 Å². The van der Waals surface area contributed by atoms with Gasteiger partial charge in [-0.15, -0.1) is 0 Å². The van der Waals surface area contributed by atoms with E-state index in [-0.39, 0.29) is 0 Å². The van der Waals surface area contributed by atoms with Gasteiger partial charge in [0.2, 0.25) is 0 Å². The van der Waals surface area contributed by atoms with Crippen LogP contribution in [0.15, 0.2) is 127 Å². The Hall–Kier alpha value is -5.35. The van der Waals surface area contributed by atoms with Crippen LogP contribution in [0.25, 0.3) is 71.4 Å². The van der Waals surface area contributed by atoms with Crippen LogP contribution in [0.3, 0.4) is 0 Å². The lowest BCUT2D eigenvalue weighted by Crippen LogP contribution is -2.03. The van der Waals surface area contributed by atoms with E-state index in [9.17, 15) is 0 Å². The van der Waals surface area contributed by atoms with Crippen LogP contribution in [-0.2, 0) is 0 Å². The van der Waals surface area contributed by atoms with Crippen LogP contribution in [0.4, 0.5) is 0 Å². The summed E-state index contributed by atoms with van der Waals surface area (Å²) in [4.78, 5) is 5.02. The summed E-state index contributed by atoms with van der Waals surface area (Å²) in [7, 11) is 0. The summed E-state index contributed by atoms with van der Waals surface area (Å²) in [6.45, 7) is 1.98. The SMILES string of the molecule is C/C=C\C=C(/N)c1cccc(-n2c3ccccc3c3c2ccc2cc4c5ccccc5c5ccccc5n4c23)n1. The fourth-order valence-corrected chi connectivity index (χ4v) is 6.27. The van der Waals surface area contributed by atoms with Crippen LogP contribution in [0, 0.1) is 0 Å². The van der Waals surface area contributed by atoms with E-state index in [1.54, 1.807) is 0 Å². The quantitative estimate of drug-likeness (QED) is 0.189. The molecule has 4 aromatic heterocycles. The van der Waals surface area contributed by atoms with Crippen molar-refractivity contribution < 1.29 is 0 Å². The molecule has 0 aliphatic carbocycles. The Morgan fingerprint density at radius 1 is 0.675 bits per heavy atom. The smallest absolute Gasteiger partial charge is 0.138 e. The molecule has 4 heteroatoms. The van der Waals surface area contributed by atoms with Crippen LogP contribution in [0.5, 0.6) is 0 Å². The third-order valence-corrected chi connectivity index (χ3v) is 7.96. The molecule has 0 saturated carbocycles. The monoisotopic (exact) mass is 514 g/mol. The fourth-order valence-electron chi connectivity index (χ4n) is 6.27. The molecule has 0 radical (unpaired) electrons. The molecule has 0 aliphatic heterocycles. The molecule has 0 unspecified atom stereocenters. The molecule has 4 nitrogen and oxygen atoms in total. The number of rotatable bonds is 3. The number of allylic oxidation sites excluding steroid dienone is 3. The first-order valence-corrected chi connectivity index (χ1v) is 13.6. The van der Waals surface area contributed by atoms with Gasteiger partial charge in [0.15, 0.2) is 0 Å². The number of fused-ring (bicyclic) bond motifs is 12. The van der Waals surface area contributed by atoms with Gasteiger partial charge in [-0.2, -0.15) is 0 Å². The standard InChI is InChI=1S/C36H26N4/c1-2-3-15-28(37)29-16-10-19-34(38-29)39-31-18-9-7-14-27(31)35-32(39)21-20-23-22-33-26-13-5-4-11-24(26)25-12-6-8-17-30(25)40(33)36(23)35/h2-22H,37H2,1H3/b3-2-,28-15-. The summed E-state index contributed by atoms with van der Waals surface area (Å²) in [5.74, 6) is 0.844. The van der Waals surface area contributed by atoms with Gasteiger partial charge in [0.05, 0.1) is 39.0 Å². The van der Waals surface area contributed by atoms with Crippen molar-refractivity contribution in [3.8, 4) is 5.82 Å². The molecular weight excluding hydrogens is 488 g/mol. The lowest BCUT2D eigenvalue weighted by atomic mass is 10.1. The van der Waals surface area contributed by atoms with Gasteiger partial charge in [-0.25, -0.2) is 4.98 Å². The van der Waals surface area contributed by atoms with E-state index in [2.05, 4.69) is 106 Å². The molecular formula is C36H26N4. The van der Waals surface area contributed by atoms with Gasteiger partial charge in [0.1, 0.15) is 5.82 Å². The van der Waals surface area contributed by atoms with Gasteiger partial charge >= 0.3 is 0 Å². The highest BCUT2D eigenvalue weighted by molar-refractivity contribution is 6.24. The predicted molar refractivity (Wildman–Crippen MR) is 169 cm³/mol. The van der Waals surface area contributed by atoms with Gasteiger partial charge in [-0.3, -0.25) is 4.57 Å². The predicted octanol–water partition coefficient (Wildman–Crippen LogP) is 8.77. The lowest BCUT2D eigenvalue weighted by molar-refractivity contribution is 1.07. The van der Waals surface area contributed by atoms with E-state index in [1.807, 2.05) is 37.3 Å². The third kappa shape index (κ3) is 3.10. The Bertz CT molecular complexity index is 2350. The van der Waals surface area contributed by atoms with E-state index in [0.717, 1.165) is 22.5 Å². The summed E-state index contributed by atoms with van der Waals surface area (Å²) in [5, 5.41) is 7.42. The highest BCUT2D eigenvalue weighted by atomic mass is 15.1. The Kier molecular flexibility index (Phi) is 4.85. The van der Waals surface area contributed by atoms with Crippen LogP contribution in [0.2, 0.25) is 0 Å². The maximum Gasteiger partial charge on any atom is 0.138 e. The molecule has 0 bridgehead atoms. The van der Waals surface area contributed by atoms with Crippen LogP contribution < -0.4 is 5.73 Å². The number of hydrogen-bond acceptors (Lipinski definition) is 2. The minimum atomic E-state index is 0.638. The van der Waals surface area contributed by atoms with Crippen molar-refractivity contribution in [1.82, 2.24) is 14.0 Å². The number of hydrogen-bond donors (Lipinski definition) is 1. The minimum absolute atomic E-state index is 0.638. The van der Waals surface area contributed by atoms with Gasteiger partial charge in [0.25, 0.3) is 0 Å². The molecule has 4 aromatic carbocycles. The number of benzene rings is 4. The Balaban J connectivity index is 1.55. The second-order valence-corrected chi connectivity index (χ2v) is 10.2. The molecule has 40 heavy (non-hydrogen) atoms. The second kappa shape index (κ2) is 8.58. The van der Waals surface area contributed by atoms with Crippen molar-refractivity contribution >= 4 is 65.6 Å². The maximum absolute atomic E-state index is 6.38. The molecule has 0 fully saturated rings. The third-order valence-electron chi connectivity index (χ3n) is 7.96. The number of nitrogens with two attached hydrogens (primary N) is 1. The average molecular weight is 515 g/mol. The highest BCUT2D eigenvalue weighted by Gasteiger charge is 2.20. The molecule has 4 heterocycles. The lowest BCUT2D eigenvalue weighted by Gasteiger charge is -2.11. The first kappa shape index (κ1) is 22.6. The van der Waals surface area contributed by atoms with Crippen LogP contribution >= 0.6 is 0 Å². The Morgan fingerprint density at radius 3 is 2.17 bits per heavy atom. The van der Waals surface area contributed by atoms with Crippen LogP contribution in [-0.4, -0.2) is 14.0 Å². The molecule has 0 aliphatic rings. The van der Waals surface area contributed by atoms with Crippen molar-refractivity contribution in [3.05, 3.63) is 133 Å². The molecule has 0 spiro atoms. The summed E-state index contributed by atoms with van der Waals surface area (Å²) < 4.78 is 4.72. The van der Waals surface area contributed by atoms with E-state index in [4.69, 9.17) is 10.7 Å². The molecule has 0 atom stereocenters. The summed E-state index contributed by atoms with van der Waals surface area (Å²) in [5.41, 5.74) is 13.7.